The first-order valence-corrected chi connectivity index (χ1v) is 5.34. The summed E-state index contributed by atoms with van der Waals surface area (Å²) in [6.07, 6.45) is 0.629. The van der Waals surface area contributed by atoms with Gasteiger partial charge in [-0.1, -0.05) is 18.2 Å². The van der Waals surface area contributed by atoms with E-state index in [9.17, 15) is 19.7 Å². The van der Waals surface area contributed by atoms with Crippen LogP contribution in [0.4, 0.5) is 5.69 Å². The number of carbonyl (C=O) groups is 2. The fourth-order valence-electron chi connectivity index (χ4n) is 1.72. The van der Waals surface area contributed by atoms with Gasteiger partial charge >= 0.3 is 5.97 Å². The molecule has 0 saturated heterocycles. The Labute approximate surface area is 104 Å². The Hall–Kier alpha value is -2.24. The van der Waals surface area contributed by atoms with E-state index in [2.05, 4.69) is 4.74 Å². The molecule has 0 aliphatic carbocycles. The van der Waals surface area contributed by atoms with Gasteiger partial charge in [-0.15, -0.1) is 0 Å². The number of rotatable bonds is 6. The first kappa shape index (κ1) is 13.8. The van der Waals surface area contributed by atoms with E-state index in [1.54, 1.807) is 12.1 Å². The molecule has 96 valence electrons. The Balaban J connectivity index is 3.08. The monoisotopic (exact) mass is 251 g/mol. The van der Waals surface area contributed by atoms with Crippen molar-refractivity contribution in [2.75, 3.05) is 7.11 Å². The zero-order chi connectivity index (χ0) is 13.5. The van der Waals surface area contributed by atoms with Crippen LogP contribution in [0.5, 0.6) is 0 Å². The van der Waals surface area contributed by atoms with Crippen molar-refractivity contribution in [1.29, 1.82) is 0 Å². The van der Waals surface area contributed by atoms with Crippen LogP contribution in [0, 0.1) is 10.1 Å². The molecule has 0 aromatic heterocycles. The van der Waals surface area contributed by atoms with Crippen LogP contribution >= 0.6 is 0 Å². The summed E-state index contributed by atoms with van der Waals surface area (Å²) in [5.74, 6) is -1.03. The zero-order valence-electron chi connectivity index (χ0n) is 9.87. The molecule has 1 aromatic rings. The van der Waals surface area contributed by atoms with Gasteiger partial charge in [-0.2, -0.15) is 0 Å². The normalized spacial score (nSPS) is 11.6. The van der Waals surface area contributed by atoms with E-state index in [1.165, 1.54) is 19.2 Å². The van der Waals surface area contributed by atoms with Crippen LogP contribution in [0.25, 0.3) is 0 Å². The lowest BCUT2D eigenvalue weighted by Crippen LogP contribution is -2.11. The van der Waals surface area contributed by atoms with Gasteiger partial charge < -0.3 is 9.53 Å². The molecular formula is C12H13NO5. The third-order valence-electron chi connectivity index (χ3n) is 2.59. The molecule has 0 unspecified atom stereocenters. The zero-order valence-corrected chi connectivity index (χ0v) is 9.87. The number of nitro groups is 1. The molecule has 0 fully saturated rings. The molecule has 0 aliphatic rings. The lowest BCUT2D eigenvalue weighted by atomic mass is 9.92. The van der Waals surface area contributed by atoms with Crippen molar-refractivity contribution in [2.24, 2.45) is 0 Å². The highest BCUT2D eigenvalue weighted by atomic mass is 16.6. The number of nitro benzene ring substituents is 1. The number of ether oxygens (including phenoxy) is 1. The maximum Gasteiger partial charge on any atom is 0.306 e. The molecule has 0 amide bonds. The molecule has 0 spiro atoms. The molecule has 1 aromatic carbocycles. The molecule has 18 heavy (non-hydrogen) atoms. The number of hydrogen-bond acceptors (Lipinski definition) is 5. The van der Waals surface area contributed by atoms with Crippen LogP contribution in [-0.2, 0) is 14.3 Å². The van der Waals surface area contributed by atoms with Crippen molar-refractivity contribution < 1.29 is 19.2 Å². The summed E-state index contributed by atoms with van der Waals surface area (Å²) in [7, 11) is 1.24. The number of hydrogen-bond donors (Lipinski definition) is 0. The minimum absolute atomic E-state index is 0.0416. The number of benzene rings is 1. The summed E-state index contributed by atoms with van der Waals surface area (Å²) < 4.78 is 4.52. The van der Waals surface area contributed by atoms with Gasteiger partial charge in [0.25, 0.3) is 5.69 Å². The Morgan fingerprint density at radius 1 is 1.50 bits per heavy atom. The third-order valence-corrected chi connectivity index (χ3v) is 2.59. The van der Waals surface area contributed by atoms with E-state index >= 15 is 0 Å². The summed E-state index contributed by atoms with van der Waals surface area (Å²) in [6.45, 7) is 0. The number of carbonyl (C=O) groups excluding carboxylic acids is 2. The lowest BCUT2D eigenvalue weighted by Gasteiger charge is -2.13. The summed E-state index contributed by atoms with van der Waals surface area (Å²) in [6, 6.07) is 6.08. The molecule has 0 bridgehead atoms. The average molecular weight is 251 g/mol. The second-order valence-electron chi connectivity index (χ2n) is 3.70. The van der Waals surface area contributed by atoms with Crippen LogP contribution in [0.1, 0.15) is 24.3 Å². The molecular weight excluding hydrogens is 238 g/mol. The summed E-state index contributed by atoms with van der Waals surface area (Å²) in [5.41, 5.74) is 0.285. The second-order valence-corrected chi connectivity index (χ2v) is 3.70. The van der Waals surface area contributed by atoms with Crippen LogP contribution < -0.4 is 0 Å². The Bertz CT molecular complexity index is 458. The molecule has 0 N–H and O–H groups in total. The van der Waals surface area contributed by atoms with Crippen LogP contribution in [-0.4, -0.2) is 24.3 Å². The molecule has 1 atom stereocenters. The Kier molecular flexibility index (Phi) is 4.98. The first-order chi connectivity index (χ1) is 8.60. The maximum atomic E-state index is 11.2. The van der Waals surface area contributed by atoms with Gasteiger partial charge in [0.15, 0.2) is 0 Å². The highest BCUT2D eigenvalue weighted by molar-refractivity contribution is 5.71. The molecule has 0 saturated carbocycles. The SMILES string of the molecule is COC(=O)C[C@@H](CC=O)c1ccccc1[N+](=O)[O-]. The van der Waals surface area contributed by atoms with Crippen molar-refractivity contribution in [3.8, 4) is 0 Å². The van der Waals surface area contributed by atoms with Gasteiger partial charge in [-0.25, -0.2) is 0 Å². The largest absolute Gasteiger partial charge is 0.469 e. The summed E-state index contributed by atoms with van der Waals surface area (Å²) in [5, 5.41) is 10.9. The van der Waals surface area contributed by atoms with Gasteiger partial charge in [0.2, 0.25) is 0 Å². The van der Waals surface area contributed by atoms with E-state index in [1.807, 2.05) is 0 Å². The van der Waals surface area contributed by atoms with Crippen molar-refractivity contribution >= 4 is 17.9 Å². The van der Waals surface area contributed by atoms with Crippen molar-refractivity contribution in [2.45, 2.75) is 18.8 Å². The highest BCUT2D eigenvalue weighted by Gasteiger charge is 2.23. The van der Waals surface area contributed by atoms with E-state index < -0.39 is 16.8 Å². The predicted molar refractivity (Wildman–Crippen MR) is 63.2 cm³/mol. The minimum atomic E-state index is -0.531. The van der Waals surface area contributed by atoms with Crippen LogP contribution in [0.3, 0.4) is 0 Å². The molecule has 1 rings (SSSR count). The van der Waals surface area contributed by atoms with Crippen LogP contribution in [0.2, 0.25) is 0 Å². The van der Waals surface area contributed by atoms with Gasteiger partial charge in [0, 0.05) is 24.0 Å². The summed E-state index contributed by atoms with van der Waals surface area (Å²) in [4.78, 5) is 32.2. The Morgan fingerprint density at radius 3 is 2.72 bits per heavy atom. The maximum absolute atomic E-state index is 11.2. The van der Waals surface area contributed by atoms with Crippen molar-refractivity contribution in [3.05, 3.63) is 39.9 Å². The molecule has 0 heterocycles. The molecule has 6 heteroatoms. The summed E-state index contributed by atoms with van der Waals surface area (Å²) >= 11 is 0. The van der Waals surface area contributed by atoms with Gasteiger partial charge in [0.05, 0.1) is 18.5 Å². The quantitative estimate of drug-likeness (QED) is 0.333. The van der Waals surface area contributed by atoms with E-state index in [0.29, 0.717) is 11.8 Å². The standard InChI is InChI=1S/C12H13NO5/c1-18-12(15)8-9(6-7-14)10-4-2-3-5-11(10)13(16)17/h2-5,7,9H,6,8H2,1H3/t9-/m1/s1. The van der Waals surface area contributed by atoms with Gasteiger partial charge in [-0.05, 0) is 0 Å². The van der Waals surface area contributed by atoms with E-state index in [0.717, 1.165) is 0 Å². The number of nitrogens with zero attached hydrogens (tertiary/aromatic N) is 1. The van der Waals surface area contributed by atoms with Crippen molar-refractivity contribution in [1.82, 2.24) is 0 Å². The number of aldehydes is 1. The second kappa shape index (κ2) is 6.48. The van der Waals surface area contributed by atoms with Gasteiger partial charge in [-0.3, -0.25) is 14.9 Å². The predicted octanol–water partition coefficient (Wildman–Crippen LogP) is 1.83. The van der Waals surface area contributed by atoms with E-state index in [-0.39, 0.29) is 18.5 Å². The lowest BCUT2D eigenvalue weighted by molar-refractivity contribution is -0.385. The smallest absolute Gasteiger partial charge is 0.306 e. The number of methoxy groups -OCH3 is 1. The fraction of sp³-hybridized carbons (Fsp3) is 0.333. The Morgan fingerprint density at radius 2 is 2.17 bits per heavy atom. The minimum Gasteiger partial charge on any atom is -0.469 e. The van der Waals surface area contributed by atoms with E-state index in [4.69, 9.17) is 0 Å². The third kappa shape index (κ3) is 3.38. The van der Waals surface area contributed by atoms with Crippen LogP contribution in [0.15, 0.2) is 24.3 Å². The number of para-hydroxylation sites is 1. The van der Waals surface area contributed by atoms with Gasteiger partial charge in [0.1, 0.15) is 6.29 Å². The number of esters is 1. The first-order valence-electron chi connectivity index (χ1n) is 5.34. The van der Waals surface area contributed by atoms with Crippen molar-refractivity contribution in [3.63, 3.8) is 0 Å². The fourth-order valence-corrected chi connectivity index (χ4v) is 1.72. The molecule has 0 radical (unpaired) electrons. The highest BCUT2D eigenvalue weighted by Crippen LogP contribution is 2.30. The average Bonchev–Trinajstić information content (AvgIpc) is 2.38. The molecule has 6 nitrogen and oxygen atoms in total. The molecule has 0 aliphatic heterocycles. The topological polar surface area (TPSA) is 86.5 Å².